The summed E-state index contributed by atoms with van der Waals surface area (Å²) in [5.74, 6) is 0. The second-order valence-corrected chi connectivity index (χ2v) is 8.51. The van der Waals surface area contributed by atoms with E-state index in [2.05, 4.69) is 0 Å². The van der Waals surface area contributed by atoms with Gasteiger partial charge in [-0.25, -0.2) is 8.42 Å². The molecule has 0 aliphatic carbocycles. The minimum absolute atomic E-state index is 0.0590. The molecule has 0 bridgehead atoms. The van der Waals surface area contributed by atoms with Crippen molar-refractivity contribution < 1.29 is 23.0 Å². The van der Waals surface area contributed by atoms with Crippen LogP contribution in [0.25, 0.3) is 0 Å². The van der Waals surface area contributed by atoms with E-state index in [-0.39, 0.29) is 17.7 Å². The van der Waals surface area contributed by atoms with Crippen molar-refractivity contribution in [2.24, 2.45) is 0 Å². The normalized spacial score (nSPS) is 14.3. The maximum Gasteiger partial charge on any atom is 0.181 e. The first-order valence-electron chi connectivity index (χ1n) is 8.47. The van der Waals surface area contributed by atoms with Crippen molar-refractivity contribution in [3.63, 3.8) is 0 Å². The Bertz CT molecular complexity index is 768. The van der Waals surface area contributed by atoms with Crippen molar-refractivity contribution in [3.8, 4) is 0 Å². The van der Waals surface area contributed by atoms with E-state index in [9.17, 15) is 13.5 Å². The minimum atomic E-state index is -3.66. The zero-order valence-electron chi connectivity index (χ0n) is 15.3. The molecule has 2 rings (SSSR count). The largest absolute Gasteiger partial charge is 0.388 e. The first-order valence-corrected chi connectivity index (χ1v) is 10.0. The van der Waals surface area contributed by atoms with Crippen LogP contribution >= 0.6 is 0 Å². The van der Waals surface area contributed by atoms with Gasteiger partial charge >= 0.3 is 0 Å². The molecule has 0 spiro atoms. The molecule has 2 aromatic carbocycles. The van der Waals surface area contributed by atoms with Gasteiger partial charge in [-0.3, -0.25) is 0 Å². The number of aliphatic hydroxyl groups is 1. The van der Waals surface area contributed by atoms with Crippen LogP contribution in [0.3, 0.4) is 0 Å². The highest BCUT2D eigenvalue weighted by atomic mass is 32.2. The quantitative estimate of drug-likeness (QED) is 0.678. The maximum atomic E-state index is 13.2. The molecule has 2 atom stereocenters. The van der Waals surface area contributed by atoms with Gasteiger partial charge in [0.1, 0.15) is 0 Å². The fraction of sp³-hybridized carbons (Fsp3) is 0.400. The summed E-state index contributed by atoms with van der Waals surface area (Å²) in [7, 11) is -0.717. The molecule has 1 N–H and O–H groups in total. The van der Waals surface area contributed by atoms with Crippen molar-refractivity contribution >= 4 is 9.84 Å². The Morgan fingerprint density at radius 3 is 2.04 bits per heavy atom. The fourth-order valence-corrected chi connectivity index (χ4v) is 4.58. The number of aryl methyl sites for hydroxylation is 1. The van der Waals surface area contributed by atoms with Crippen LogP contribution in [-0.2, 0) is 19.3 Å². The van der Waals surface area contributed by atoms with E-state index in [4.69, 9.17) is 9.47 Å². The molecule has 0 radical (unpaired) electrons. The molecule has 0 heterocycles. The Morgan fingerprint density at radius 1 is 0.923 bits per heavy atom. The number of hydrogen-bond acceptors (Lipinski definition) is 5. The van der Waals surface area contributed by atoms with Crippen LogP contribution in [0.4, 0.5) is 0 Å². The second kappa shape index (κ2) is 9.28. The molecule has 0 aromatic heterocycles. The van der Waals surface area contributed by atoms with Gasteiger partial charge in [-0.15, -0.1) is 0 Å². The molecule has 0 saturated heterocycles. The highest BCUT2D eigenvalue weighted by molar-refractivity contribution is 7.92. The molecule has 0 aliphatic heterocycles. The molecular weight excluding hydrogens is 352 g/mol. The van der Waals surface area contributed by atoms with Gasteiger partial charge in [0, 0.05) is 20.6 Å². The van der Waals surface area contributed by atoms with Crippen molar-refractivity contribution in [1.82, 2.24) is 0 Å². The Labute approximate surface area is 155 Å². The van der Waals surface area contributed by atoms with Gasteiger partial charge in [-0.05, 0) is 31.0 Å². The summed E-state index contributed by atoms with van der Waals surface area (Å²) in [6, 6.07) is 15.8. The average Bonchev–Trinajstić information content (AvgIpc) is 2.65. The summed E-state index contributed by atoms with van der Waals surface area (Å²) < 4.78 is 36.7. The molecule has 0 amide bonds. The third-order valence-electron chi connectivity index (χ3n) is 4.44. The van der Waals surface area contributed by atoms with E-state index in [0.717, 1.165) is 5.56 Å². The zero-order chi connectivity index (χ0) is 19.2. The average molecular weight is 378 g/mol. The highest BCUT2D eigenvalue weighted by Gasteiger charge is 2.32. The van der Waals surface area contributed by atoms with Gasteiger partial charge in [0.2, 0.25) is 0 Å². The molecular formula is C20H26O5S. The lowest BCUT2D eigenvalue weighted by Crippen LogP contribution is -2.30. The summed E-state index contributed by atoms with van der Waals surface area (Å²) in [6.45, 7) is 1.90. The van der Waals surface area contributed by atoms with Gasteiger partial charge in [0.25, 0.3) is 0 Å². The van der Waals surface area contributed by atoms with Crippen LogP contribution < -0.4 is 0 Å². The summed E-state index contributed by atoms with van der Waals surface area (Å²) in [6.07, 6.45) is -1.37. The number of aliphatic hydroxyl groups excluding tert-OH is 1. The standard InChI is InChI=1S/C20H26O5S/c1-15-9-11-17(12-10-15)26(22,23)18(14-20(24-2)25-3)13-19(21)16-7-5-4-6-8-16/h4-12,18-21H,13-14H2,1-3H3. The molecule has 0 aliphatic rings. The number of hydrogen-bond donors (Lipinski definition) is 1. The zero-order valence-corrected chi connectivity index (χ0v) is 16.1. The highest BCUT2D eigenvalue weighted by Crippen LogP contribution is 2.29. The number of methoxy groups -OCH3 is 2. The summed E-state index contributed by atoms with van der Waals surface area (Å²) in [5.41, 5.74) is 1.67. The summed E-state index contributed by atoms with van der Waals surface area (Å²) in [5, 5.41) is 9.72. The lowest BCUT2D eigenvalue weighted by Gasteiger charge is -2.24. The van der Waals surface area contributed by atoms with Crippen LogP contribution in [-0.4, -0.2) is 39.3 Å². The first kappa shape index (κ1) is 20.6. The lowest BCUT2D eigenvalue weighted by molar-refractivity contribution is -0.107. The molecule has 142 valence electrons. The monoisotopic (exact) mass is 378 g/mol. The van der Waals surface area contributed by atoms with Gasteiger partial charge in [-0.1, -0.05) is 48.0 Å². The maximum absolute atomic E-state index is 13.2. The van der Waals surface area contributed by atoms with Crippen LogP contribution in [0, 0.1) is 6.92 Å². The second-order valence-electron chi connectivity index (χ2n) is 6.28. The van der Waals surface area contributed by atoms with Crippen molar-refractivity contribution in [2.45, 2.75) is 42.3 Å². The van der Waals surface area contributed by atoms with E-state index < -0.39 is 27.5 Å². The van der Waals surface area contributed by atoms with Crippen LogP contribution in [0.15, 0.2) is 59.5 Å². The van der Waals surface area contributed by atoms with Crippen molar-refractivity contribution in [2.75, 3.05) is 14.2 Å². The Hall–Kier alpha value is -1.73. The lowest BCUT2D eigenvalue weighted by atomic mass is 10.0. The molecule has 5 nitrogen and oxygen atoms in total. The van der Waals surface area contributed by atoms with Gasteiger partial charge < -0.3 is 14.6 Å². The molecule has 2 unspecified atom stereocenters. The van der Waals surface area contributed by atoms with E-state index in [1.807, 2.05) is 25.1 Å². The molecule has 0 fully saturated rings. The number of ether oxygens (including phenoxy) is 2. The number of rotatable bonds is 9. The number of benzene rings is 2. The van der Waals surface area contributed by atoms with E-state index >= 15 is 0 Å². The predicted molar refractivity (Wildman–Crippen MR) is 101 cm³/mol. The van der Waals surface area contributed by atoms with Gasteiger partial charge in [0.15, 0.2) is 16.1 Å². The van der Waals surface area contributed by atoms with Crippen LogP contribution in [0.1, 0.15) is 30.1 Å². The van der Waals surface area contributed by atoms with E-state index in [1.54, 1.807) is 36.4 Å². The third-order valence-corrected chi connectivity index (χ3v) is 6.63. The SMILES string of the molecule is COC(CC(CC(O)c1ccccc1)S(=O)(=O)c1ccc(C)cc1)OC. The van der Waals surface area contributed by atoms with Crippen LogP contribution in [0.2, 0.25) is 0 Å². The Balaban J connectivity index is 2.32. The first-order chi connectivity index (χ1) is 12.4. The summed E-state index contributed by atoms with van der Waals surface area (Å²) in [4.78, 5) is 0.235. The fourth-order valence-electron chi connectivity index (χ4n) is 2.83. The molecule has 26 heavy (non-hydrogen) atoms. The minimum Gasteiger partial charge on any atom is -0.388 e. The molecule has 6 heteroatoms. The number of sulfone groups is 1. The van der Waals surface area contributed by atoms with Gasteiger partial charge in [0.05, 0.1) is 16.2 Å². The third kappa shape index (κ3) is 5.14. The van der Waals surface area contributed by atoms with Gasteiger partial charge in [-0.2, -0.15) is 0 Å². The van der Waals surface area contributed by atoms with E-state index in [0.29, 0.717) is 5.56 Å². The van der Waals surface area contributed by atoms with Crippen molar-refractivity contribution in [3.05, 3.63) is 65.7 Å². The Morgan fingerprint density at radius 2 is 1.50 bits per heavy atom. The van der Waals surface area contributed by atoms with E-state index in [1.165, 1.54) is 14.2 Å². The van der Waals surface area contributed by atoms with Crippen molar-refractivity contribution in [1.29, 1.82) is 0 Å². The topological polar surface area (TPSA) is 72.8 Å². The molecule has 0 saturated carbocycles. The Kier molecular flexibility index (Phi) is 7.34. The van der Waals surface area contributed by atoms with Crippen LogP contribution in [0.5, 0.6) is 0 Å². The summed E-state index contributed by atoms with van der Waals surface area (Å²) >= 11 is 0. The smallest absolute Gasteiger partial charge is 0.181 e. The molecule has 2 aromatic rings. The predicted octanol–water partition coefficient (Wildman–Crippen LogP) is 3.27.